The molecule has 0 fully saturated rings. The van der Waals surface area contributed by atoms with Gasteiger partial charge in [0.05, 0.1) is 23.4 Å². The normalized spacial score (nSPS) is 11.5. The first-order valence-corrected chi connectivity index (χ1v) is 7.30. The molecule has 2 aromatic rings. The van der Waals surface area contributed by atoms with Crippen molar-refractivity contribution >= 4 is 29.4 Å². The van der Waals surface area contributed by atoms with Crippen molar-refractivity contribution in [2.75, 3.05) is 7.11 Å². The Balaban J connectivity index is 1.98. The maximum atomic E-state index is 11.9. The van der Waals surface area contributed by atoms with Gasteiger partial charge in [0.25, 0.3) is 0 Å². The standard InChI is InChI=1S/C18H16ClNO3/c1-13(7-8-14-9-11-15(22-2)12-10-14)20-23-18(21)16-5-3-4-6-17(16)19/h3-12H,1-2H3/b8-7+,20-13-. The minimum Gasteiger partial charge on any atom is -0.497 e. The Kier molecular flexibility index (Phi) is 5.94. The smallest absolute Gasteiger partial charge is 0.367 e. The third kappa shape index (κ3) is 4.97. The number of benzene rings is 2. The summed E-state index contributed by atoms with van der Waals surface area (Å²) < 4.78 is 5.10. The third-order valence-corrected chi connectivity index (χ3v) is 3.33. The van der Waals surface area contributed by atoms with E-state index in [0.29, 0.717) is 10.7 Å². The van der Waals surface area contributed by atoms with E-state index in [1.807, 2.05) is 30.3 Å². The highest BCUT2D eigenvalue weighted by Crippen LogP contribution is 2.16. The predicted molar refractivity (Wildman–Crippen MR) is 92.0 cm³/mol. The van der Waals surface area contributed by atoms with E-state index in [2.05, 4.69) is 5.16 Å². The number of allylic oxidation sites excluding steroid dienone is 1. The van der Waals surface area contributed by atoms with Gasteiger partial charge < -0.3 is 9.57 Å². The molecule has 0 aliphatic carbocycles. The van der Waals surface area contributed by atoms with Crippen LogP contribution in [0.1, 0.15) is 22.8 Å². The Bertz CT molecular complexity index is 736. The molecule has 2 aromatic carbocycles. The average molecular weight is 330 g/mol. The topological polar surface area (TPSA) is 47.9 Å². The fourth-order valence-electron chi connectivity index (χ4n) is 1.75. The fraction of sp³-hybridized carbons (Fsp3) is 0.111. The van der Waals surface area contributed by atoms with E-state index >= 15 is 0 Å². The summed E-state index contributed by atoms with van der Waals surface area (Å²) in [5.74, 6) is 0.203. The van der Waals surface area contributed by atoms with Crippen molar-refractivity contribution in [2.24, 2.45) is 5.16 Å². The van der Waals surface area contributed by atoms with Gasteiger partial charge in [0.15, 0.2) is 0 Å². The Morgan fingerprint density at radius 1 is 1.13 bits per heavy atom. The molecule has 0 saturated carbocycles. The molecule has 0 aliphatic rings. The van der Waals surface area contributed by atoms with Gasteiger partial charge >= 0.3 is 5.97 Å². The number of hydrogen-bond donors (Lipinski definition) is 0. The van der Waals surface area contributed by atoms with Crippen LogP contribution in [0.3, 0.4) is 0 Å². The van der Waals surface area contributed by atoms with E-state index < -0.39 is 5.97 Å². The molecule has 0 N–H and O–H groups in total. The molecule has 0 atom stereocenters. The molecule has 0 amide bonds. The monoisotopic (exact) mass is 329 g/mol. The lowest BCUT2D eigenvalue weighted by Crippen LogP contribution is -2.02. The number of ether oxygens (including phenoxy) is 1. The van der Waals surface area contributed by atoms with Crippen LogP contribution in [0.5, 0.6) is 5.75 Å². The van der Waals surface area contributed by atoms with Crippen LogP contribution in [-0.2, 0) is 4.84 Å². The predicted octanol–water partition coefficient (Wildman–Crippen LogP) is 4.59. The van der Waals surface area contributed by atoms with E-state index in [1.54, 1.807) is 44.4 Å². The number of nitrogens with zero attached hydrogens (tertiary/aromatic N) is 1. The Morgan fingerprint density at radius 3 is 2.48 bits per heavy atom. The average Bonchev–Trinajstić information content (AvgIpc) is 2.58. The maximum Gasteiger partial charge on any atom is 0.367 e. The van der Waals surface area contributed by atoms with Crippen molar-refractivity contribution in [1.82, 2.24) is 0 Å². The highest BCUT2D eigenvalue weighted by molar-refractivity contribution is 6.33. The van der Waals surface area contributed by atoms with Gasteiger partial charge in [0, 0.05) is 0 Å². The lowest BCUT2D eigenvalue weighted by atomic mass is 10.2. The second-order valence-corrected chi connectivity index (χ2v) is 5.10. The molecule has 0 heterocycles. The van der Waals surface area contributed by atoms with Crippen LogP contribution in [0.2, 0.25) is 5.02 Å². The van der Waals surface area contributed by atoms with E-state index in [9.17, 15) is 4.79 Å². The summed E-state index contributed by atoms with van der Waals surface area (Å²) in [6, 6.07) is 14.2. The molecule has 0 aliphatic heterocycles. The van der Waals surface area contributed by atoms with Crippen LogP contribution in [0.15, 0.2) is 59.8 Å². The molecule has 0 spiro atoms. The number of rotatable bonds is 5. The molecular formula is C18H16ClNO3. The number of hydrogen-bond acceptors (Lipinski definition) is 4. The lowest BCUT2D eigenvalue weighted by molar-refractivity contribution is 0.0517. The SMILES string of the molecule is COc1ccc(/C=C/C(C)=N\OC(=O)c2ccccc2Cl)cc1. The van der Waals surface area contributed by atoms with Crippen LogP contribution in [0, 0.1) is 0 Å². The summed E-state index contributed by atoms with van der Waals surface area (Å²) in [5.41, 5.74) is 1.82. The van der Waals surface area contributed by atoms with Gasteiger partial charge in [-0.15, -0.1) is 0 Å². The number of carbonyl (C=O) groups is 1. The molecule has 0 unspecified atom stereocenters. The molecule has 0 aromatic heterocycles. The molecule has 0 bridgehead atoms. The van der Waals surface area contributed by atoms with Gasteiger partial charge in [0.2, 0.25) is 0 Å². The van der Waals surface area contributed by atoms with Gasteiger partial charge in [0.1, 0.15) is 5.75 Å². The second kappa shape index (κ2) is 8.15. The molecule has 23 heavy (non-hydrogen) atoms. The fourth-order valence-corrected chi connectivity index (χ4v) is 1.96. The van der Waals surface area contributed by atoms with Crippen molar-refractivity contribution in [3.63, 3.8) is 0 Å². The van der Waals surface area contributed by atoms with E-state index in [0.717, 1.165) is 11.3 Å². The van der Waals surface area contributed by atoms with Gasteiger partial charge in [-0.25, -0.2) is 4.79 Å². The van der Waals surface area contributed by atoms with Crippen molar-refractivity contribution in [2.45, 2.75) is 6.92 Å². The van der Waals surface area contributed by atoms with Gasteiger partial charge in [-0.05, 0) is 42.8 Å². The minimum absolute atomic E-state index is 0.282. The van der Waals surface area contributed by atoms with Crippen LogP contribution < -0.4 is 4.74 Å². The van der Waals surface area contributed by atoms with Crippen LogP contribution in [-0.4, -0.2) is 18.8 Å². The van der Waals surface area contributed by atoms with E-state index in [1.165, 1.54) is 0 Å². The first-order valence-electron chi connectivity index (χ1n) is 6.93. The Morgan fingerprint density at radius 2 is 1.83 bits per heavy atom. The zero-order valence-corrected chi connectivity index (χ0v) is 13.6. The van der Waals surface area contributed by atoms with E-state index in [4.69, 9.17) is 21.2 Å². The maximum absolute atomic E-state index is 11.9. The number of oxime groups is 1. The van der Waals surface area contributed by atoms with Crippen molar-refractivity contribution < 1.29 is 14.4 Å². The Hall–Kier alpha value is -2.59. The molecule has 0 saturated heterocycles. The highest BCUT2D eigenvalue weighted by Gasteiger charge is 2.10. The van der Waals surface area contributed by atoms with Gasteiger partial charge in [-0.2, -0.15) is 0 Å². The summed E-state index contributed by atoms with van der Waals surface area (Å²) in [6.45, 7) is 1.74. The molecule has 0 radical (unpaired) electrons. The first kappa shape index (κ1) is 16.8. The summed E-state index contributed by atoms with van der Waals surface area (Å²) in [6.07, 6.45) is 3.61. The van der Waals surface area contributed by atoms with Crippen molar-refractivity contribution in [3.8, 4) is 5.75 Å². The number of halogens is 1. The second-order valence-electron chi connectivity index (χ2n) is 4.70. The number of carbonyl (C=O) groups excluding carboxylic acids is 1. The third-order valence-electron chi connectivity index (χ3n) is 3.00. The van der Waals surface area contributed by atoms with Crippen molar-refractivity contribution in [1.29, 1.82) is 0 Å². The molecular weight excluding hydrogens is 314 g/mol. The largest absolute Gasteiger partial charge is 0.497 e. The van der Waals surface area contributed by atoms with Gasteiger partial charge in [-0.1, -0.05) is 47.1 Å². The quantitative estimate of drug-likeness (QED) is 0.458. The zero-order chi connectivity index (χ0) is 16.7. The molecule has 118 valence electrons. The van der Waals surface area contributed by atoms with Crippen LogP contribution >= 0.6 is 11.6 Å². The van der Waals surface area contributed by atoms with Crippen LogP contribution in [0.25, 0.3) is 6.08 Å². The van der Waals surface area contributed by atoms with E-state index in [-0.39, 0.29) is 5.56 Å². The summed E-state index contributed by atoms with van der Waals surface area (Å²) in [4.78, 5) is 16.8. The molecule has 2 rings (SSSR count). The number of methoxy groups -OCH3 is 1. The summed E-state index contributed by atoms with van der Waals surface area (Å²) in [5, 5.41) is 4.12. The molecule has 4 nitrogen and oxygen atoms in total. The summed E-state index contributed by atoms with van der Waals surface area (Å²) >= 11 is 5.93. The Labute approximate surface area is 140 Å². The van der Waals surface area contributed by atoms with Crippen molar-refractivity contribution in [3.05, 3.63) is 70.8 Å². The highest BCUT2D eigenvalue weighted by atomic mass is 35.5. The first-order chi connectivity index (χ1) is 11.1. The van der Waals surface area contributed by atoms with Gasteiger partial charge in [-0.3, -0.25) is 0 Å². The molecule has 5 heteroatoms. The lowest BCUT2D eigenvalue weighted by Gasteiger charge is -2.01. The minimum atomic E-state index is -0.590. The summed E-state index contributed by atoms with van der Waals surface area (Å²) in [7, 11) is 1.62. The van der Waals surface area contributed by atoms with Crippen LogP contribution in [0.4, 0.5) is 0 Å². The zero-order valence-electron chi connectivity index (χ0n) is 12.8.